The monoisotopic (exact) mass is 693 g/mol. The van der Waals surface area contributed by atoms with Crippen LogP contribution in [0.3, 0.4) is 0 Å². The lowest BCUT2D eigenvalue weighted by Gasteiger charge is -2.37. The average molecular weight is 695 g/mol. The fraction of sp³-hybridized carbons (Fsp3) is 0.294. The molecule has 2 saturated heterocycles. The van der Waals surface area contributed by atoms with Gasteiger partial charge >= 0.3 is 5.69 Å². The molecule has 2 fully saturated rings. The average Bonchev–Trinajstić information content (AvgIpc) is 3.92. The van der Waals surface area contributed by atoms with Crippen LogP contribution in [0, 0.1) is 0 Å². The van der Waals surface area contributed by atoms with Crippen LogP contribution in [0.5, 0.6) is 5.75 Å². The van der Waals surface area contributed by atoms with Crippen molar-refractivity contribution in [3.63, 3.8) is 0 Å². The Morgan fingerprint density at radius 1 is 1.00 bits per heavy atom. The molecule has 0 spiro atoms. The summed E-state index contributed by atoms with van der Waals surface area (Å²) in [6.07, 6.45) is 3.82. The van der Waals surface area contributed by atoms with Gasteiger partial charge in [0.15, 0.2) is 0 Å². The van der Waals surface area contributed by atoms with Crippen LogP contribution in [-0.2, 0) is 28.3 Å². The second-order valence-corrected chi connectivity index (χ2v) is 12.1. The Labute approximate surface area is 294 Å². The number of halogens is 2. The first-order chi connectivity index (χ1) is 25.4. The molecule has 0 saturated carbocycles. The molecule has 0 N–H and O–H groups in total. The molecule has 0 aliphatic carbocycles. The minimum atomic E-state index is -2.73. The van der Waals surface area contributed by atoms with Crippen LogP contribution in [-0.4, -0.2) is 74.6 Å². The van der Waals surface area contributed by atoms with Crippen molar-refractivity contribution < 1.29 is 21.1 Å². The van der Waals surface area contributed by atoms with E-state index in [2.05, 4.69) is 25.0 Å². The Bertz CT molecular complexity index is 2140. The summed E-state index contributed by atoms with van der Waals surface area (Å²) in [7, 11) is 0. The van der Waals surface area contributed by atoms with E-state index in [-0.39, 0.29) is 25.9 Å². The number of ether oxygens (including phenoxy) is 3. The smallest absolute Gasteiger partial charge is 0.350 e. The van der Waals surface area contributed by atoms with Gasteiger partial charge in [0.05, 0.1) is 30.7 Å². The zero-order chi connectivity index (χ0) is 37.3. The van der Waals surface area contributed by atoms with Crippen LogP contribution in [0.15, 0.2) is 103 Å². The van der Waals surface area contributed by atoms with Crippen molar-refractivity contribution in [1.82, 2.24) is 29.1 Å². The van der Waals surface area contributed by atoms with E-state index in [1.807, 2.05) is 36.4 Å². The van der Waals surface area contributed by atoms with Gasteiger partial charge in [0.2, 0.25) is 5.79 Å². The van der Waals surface area contributed by atoms with Crippen molar-refractivity contribution in [3.8, 4) is 11.4 Å². The number of hydrogen-bond donors (Lipinski definition) is 0. The van der Waals surface area contributed by atoms with Crippen molar-refractivity contribution in [3.05, 3.63) is 124 Å². The van der Waals surface area contributed by atoms with Gasteiger partial charge in [-0.1, -0.05) is 35.3 Å². The van der Waals surface area contributed by atoms with Crippen molar-refractivity contribution in [1.29, 1.82) is 0 Å². The summed E-state index contributed by atoms with van der Waals surface area (Å²) in [6.45, 7) is 0.138. The summed E-state index contributed by atoms with van der Waals surface area (Å²) < 4.78 is 60.4. The van der Waals surface area contributed by atoms with E-state index in [4.69, 9.17) is 44.3 Å². The second-order valence-electron chi connectivity index (χ2n) is 11.2. The summed E-state index contributed by atoms with van der Waals surface area (Å²) in [5, 5.41) is 8.95. The van der Waals surface area contributed by atoms with Crippen LogP contribution in [0.4, 0.5) is 11.4 Å². The number of hydrogen-bond acceptors (Lipinski definition) is 9. The molecular formula is C34H34Cl2N8O4. The van der Waals surface area contributed by atoms with Crippen LogP contribution in [0.2, 0.25) is 10.0 Å². The number of allylic oxidation sites excluding steroid dienone is 1. The molecule has 5 aromatic rings. The lowest BCUT2D eigenvalue weighted by Crippen LogP contribution is -2.46. The van der Waals surface area contributed by atoms with Crippen molar-refractivity contribution in [2.75, 3.05) is 49.2 Å². The number of nitrogens with zero attached hydrogens (tertiary/aromatic N) is 8. The molecule has 0 amide bonds. The number of rotatable bonds is 11. The number of benzene rings is 3. The summed E-state index contributed by atoms with van der Waals surface area (Å²) in [5.41, 5.74) is 2.33. The molecule has 3 aromatic carbocycles. The maximum atomic E-state index is 12.9. The predicted molar refractivity (Wildman–Crippen MR) is 183 cm³/mol. The van der Waals surface area contributed by atoms with E-state index in [9.17, 15) is 4.79 Å². The lowest BCUT2D eigenvalue weighted by atomic mass is 10.1. The Balaban J connectivity index is 0.928. The van der Waals surface area contributed by atoms with E-state index in [1.54, 1.807) is 41.3 Å². The number of anilines is 2. The first-order valence-electron chi connectivity index (χ1n) is 17.7. The second kappa shape index (κ2) is 13.9. The Hall–Kier alpha value is -4.62. The summed E-state index contributed by atoms with van der Waals surface area (Å²) >= 11 is 12.7. The topological polar surface area (TPSA) is 105 Å². The van der Waals surface area contributed by atoms with E-state index in [0.717, 1.165) is 48.4 Å². The first-order valence-corrected chi connectivity index (χ1v) is 15.9. The molecule has 2 aliphatic rings. The van der Waals surface area contributed by atoms with Gasteiger partial charge in [-0.05, 0) is 60.7 Å². The molecule has 248 valence electrons. The highest BCUT2D eigenvalue weighted by molar-refractivity contribution is 6.35. The maximum Gasteiger partial charge on any atom is 0.350 e. The van der Waals surface area contributed by atoms with Gasteiger partial charge in [-0.25, -0.2) is 23.7 Å². The van der Waals surface area contributed by atoms with Crippen LogP contribution in [0.25, 0.3) is 5.69 Å². The molecule has 2 aliphatic heterocycles. The van der Waals surface area contributed by atoms with Crippen LogP contribution >= 0.6 is 23.2 Å². The molecule has 2 atom stereocenters. The molecule has 14 heteroatoms. The Kier molecular flexibility index (Phi) is 7.60. The van der Waals surface area contributed by atoms with Crippen molar-refractivity contribution in [2.45, 2.75) is 24.9 Å². The van der Waals surface area contributed by atoms with E-state index >= 15 is 0 Å². The summed E-state index contributed by atoms with van der Waals surface area (Å²) in [6, 6.07) is 19.4. The van der Waals surface area contributed by atoms with Gasteiger partial charge in [0, 0.05) is 48.1 Å². The fourth-order valence-electron chi connectivity index (χ4n) is 5.88. The number of aromatic nitrogens is 6. The fourth-order valence-corrected chi connectivity index (χ4v) is 6.43. The normalized spacial score (nSPS) is 21.2. The lowest BCUT2D eigenvalue weighted by molar-refractivity contribution is -0.190. The maximum absolute atomic E-state index is 12.9. The third-order valence-electron chi connectivity index (χ3n) is 8.28. The Morgan fingerprint density at radius 2 is 1.71 bits per heavy atom. The molecule has 0 bridgehead atoms. The predicted octanol–water partition coefficient (Wildman–Crippen LogP) is 4.79. The van der Waals surface area contributed by atoms with Crippen molar-refractivity contribution >= 4 is 34.6 Å². The van der Waals surface area contributed by atoms with E-state index in [1.165, 1.54) is 6.33 Å². The standard InChI is InChI=1S/C34H34Cl2N8O4/c1-2-13-44-33(45)43(24-39-44)28-6-4-26(5-7-28)40-14-16-41(17-15-40)27-8-10-29(11-9-27)46-19-30-20-47-34(48-30,21-42-23-37-22-38-42)31-12-3-25(35)18-32(31)36/h2-12,18,22-24,30H,1,13-17,19-21H2/t30-,34-/m0/s1/i1D2,2D,13D2. The van der Waals surface area contributed by atoms with E-state index in [0.29, 0.717) is 31.7 Å². The molecular weight excluding hydrogens is 655 g/mol. The molecule has 2 aromatic heterocycles. The molecule has 12 nitrogen and oxygen atoms in total. The zero-order valence-corrected chi connectivity index (χ0v) is 27.1. The molecule has 48 heavy (non-hydrogen) atoms. The Morgan fingerprint density at radius 3 is 2.38 bits per heavy atom. The highest BCUT2D eigenvalue weighted by Gasteiger charge is 2.45. The van der Waals surface area contributed by atoms with Crippen LogP contribution in [0.1, 0.15) is 12.4 Å². The molecule has 0 radical (unpaired) electrons. The summed E-state index contributed by atoms with van der Waals surface area (Å²) in [5.74, 6) is -0.494. The van der Waals surface area contributed by atoms with Crippen molar-refractivity contribution in [2.24, 2.45) is 0 Å². The largest absolute Gasteiger partial charge is 0.491 e. The van der Waals surface area contributed by atoms with Crippen LogP contribution < -0.4 is 20.2 Å². The third kappa shape index (κ3) is 6.70. The number of piperazine rings is 1. The zero-order valence-electron chi connectivity index (χ0n) is 30.6. The quantitative estimate of drug-likeness (QED) is 0.181. The van der Waals surface area contributed by atoms with Gasteiger partial charge in [-0.2, -0.15) is 10.2 Å². The van der Waals surface area contributed by atoms with Gasteiger partial charge in [-0.3, -0.25) is 0 Å². The molecule has 0 unspecified atom stereocenters. The molecule has 4 heterocycles. The van der Waals surface area contributed by atoms with Gasteiger partial charge in [0.1, 0.15) is 44.0 Å². The first kappa shape index (κ1) is 26.3. The minimum absolute atomic E-state index is 0.239. The van der Waals surface area contributed by atoms with Gasteiger partial charge in [0.25, 0.3) is 0 Å². The highest BCUT2D eigenvalue weighted by atomic mass is 35.5. The molecule has 7 rings (SSSR count). The van der Waals surface area contributed by atoms with Gasteiger partial charge in [-0.15, -0.1) is 6.53 Å². The highest BCUT2D eigenvalue weighted by Crippen LogP contribution is 2.40. The third-order valence-corrected chi connectivity index (χ3v) is 8.83. The minimum Gasteiger partial charge on any atom is -0.491 e. The SMILES string of the molecule is [2H]C([2H])=C([2H])C([2H])([2H])n1ncn(-c2ccc(N3CCN(c4ccc(OC[C@H]5CO[C@](Cn6cncn6)(c6ccc(Cl)cc6Cl)O5)cc4)CC3)cc2)c1=O. The summed E-state index contributed by atoms with van der Waals surface area (Å²) in [4.78, 5) is 21.5. The van der Waals surface area contributed by atoms with Gasteiger partial charge < -0.3 is 24.0 Å². The van der Waals surface area contributed by atoms with E-state index < -0.39 is 30.6 Å².